The van der Waals surface area contributed by atoms with Gasteiger partial charge in [0.05, 0.1) is 0 Å². The molecule has 0 aliphatic heterocycles. The van der Waals surface area contributed by atoms with E-state index in [9.17, 15) is 4.39 Å². The van der Waals surface area contributed by atoms with Gasteiger partial charge in [0.15, 0.2) is 0 Å². The van der Waals surface area contributed by atoms with E-state index >= 15 is 0 Å². The number of nitrogens with one attached hydrogen (secondary N) is 1. The quantitative estimate of drug-likeness (QED) is 0.863. The van der Waals surface area contributed by atoms with Crippen molar-refractivity contribution in [1.82, 2.24) is 5.32 Å². The molecule has 100 valence electrons. The van der Waals surface area contributed by atoms with Crippen LogP contribution in [0.4, 0.5) is 4.39 Å². The first-order valence-electron chi connectivity index (χ1n) is 6.54. The Balaban J connectivity index is 2.27. The van der Waals surface area contributed by atoms with Gasteiger partial charge in [0, 0.05) is 28.1 Å². The van der Waals surface area contributed by atoms with Gasteiger partial charge in [-0.2, -0.15) is 0 Å². The summed E-state index contributed by atoms with van der Waals surface area (Å²) in [7, 11) is 0. The average Bonchev–Trinajstić information content (AvgIpc) is 2.18. The van der Waals surface area contributed by atoms with Crippen LogP contribution in [-0.4, -0.2) is 12.1 Å². The molecule has 2 rings (SSSR count). The SMILES string of the molecule is CC(C)(C)NCC1(c2c(F)cccc2Cl)CCC1. The Morgan fingerprint density at radius 1 is 1.33 bits per heavy atom. The first kappa shape index (κ1) is 13.8. The van der Waals surface area contributed by atoms with Crippen LogP contribution in [0.3, 0.4) is 0 Å². The first-order valence-corrected chi connectivity index (χ1v) is 6.91. The second-order valence-electron chi connectivity index (χ2n) is 6.33. The molecule has 1 aliphatic rings. The van der Waals surface area contributed by atoms with Crippen molar-refractivity contribution in [3.8, 4) is 0 Å². The van der Waals surface area contributed by atoms with Gasteiger partial charge in [-0.3, -0.25) is 0 Å². The molecule has 0 aromatic heterocycles. The van der Waals surface area contributed by atoms with Crippen LogP contribution in [0.2, 0.25) is 5.02 Å². The lowest BCUT2D eigenvalue weighted by Gasteiger charge is -2.44. The van der Waals surface area contributed by atoms with Crippen LogP contribution < -0.4 is 5.32 Å². The molecule has 1 aromatic rings. The third-order valence-electron chi connectivity index (χ3n) is 3.76. The molecule has 18 heavy (non-hydrogen) atoms. The van der Waals surface area contributed by atoms with E-state index in [4.69, 9.17) is 11.6 Å². The minimum Gasteiger partial charge on any atom is -0.311 e. The molecule has 0 bridgehead atoms. The van der Waals surface area contributed by atoms with Gasteiger partial charge in [0.2, 0.25) is 0 Å². The fourth-order valence-electron chi connectivity index (χ4n) is 2.56. The molecule has 1 fully saturated rings. The summed E-state index contributed by atoms with van der Waals surface area (Å²) in [5.41, 5.74) is 0.630. The van der Waals surface area contributed by atoms with Crippen LogP contribution in [-0.2, 0) is 5.41 Å². The third-order valence-corrected chi connectivity index (χ3v) is 4.08. The summed E-state index contributed by atoms with van der Waals surface area (Å²) in [6.07, 6.45) is 3.17. The largest absolute Gasteiger partial charge is 0.311 e. The highest BCUT2D eigenvalue weighted by Crippen LogP contribution is 2.47. The molecule has 0 amide bonds. The summed E-state index contributed by atoms with van der Waals surface area (Å²) < 4.78 is 14.1. The Morgan fingerprint density at radius 3 is 2.44 bits per heavy atom. The van der Waals surface area contributed by atoms with Gasteiger partial charge in [-0.25, -0.2) is 4.39 Å². The van der Waals surface area contributed by atoms with Crippen molar-refractivity contribution < 1.29 is 4.39 Å². The molecule has 1 aliphatic carbocycles. The molecule has 0 spiro atoms. The van der Waals surface area contributed by atoms with E-state index in [1.165, 1.54) is 6.07 Å². The van der Waals surface area contributed by atoms with E-state index in [0.717, 1.165) is 25.8 Å². The normalized spacial score (nSPS) is 18.5. The van der Waals surface area contributed by atoms with Gasteiger partial charge >= 0.3 is 0 Å². The number of benzene rings is 1. The minimum atomic E-state index is -0.169. The first-order chi connectivity index (χ1) is 8.34. The highest BCUT2D eigenvalue weighted by atomic mass is 35.5. The van der Waals surface area contributed by atoms with Crippen LogP contribution in [0, 0.1) is 5.82 Å². The Labute approximate surface area is 114 Å². The second-order valence-corrected chi connectivity index (χ2v) is 6.74. The number of rotatable bonds is 3. The lowest BCUT2D eigenvalue weighted by atomic mass is 9.64. The van der Waals surface area contributed by atoms with Crippen LogP contribution in [0.1, 0.15) is 45.6 Å². The molecule has 0 unspecified atom stereocenters. The maximum absolute atomic E-state index is 14.1. The lowest BCUT2D eigenvalue weighted by molar-refractivity contribution is 0.207. The van der Waals surface area contributed by atoms with E-state index in [0.29, 0.717) is 10.6 Å². The van der Waals surface area contributed by atoms with Crippen molar-refractivity contribution in [2.24, 2.45) is 0 Å². The van der Waals surface area contributed by atoms with Crippen LogP contribution in [0.25, 0.3) is 0 Å². The molecule has 1 saturated carbocycles. The Morgan fingerprint density at radius 2 is 2.00 bits per heavy atom. The zero-order valence-corrected chi connectivity index (χ0v) is 12.1. The maximum atomic E-state index is 14.1. The fourth-order valence-corrected chi connectivity index (χ4v) is 2.92. The number of hydrogen-bond donors (Lipinski definition) is 1. The summed E-state index contributed by atoms with van der Waals surface area (Å²) in [6.45, 7) is 7.17. The van der Waals surface area contributed by atoms with Crippen molar-refractivity contribution in [2.75, 3.05) is 6.54 Å². The molecule has 1 N–H and O–H groups in total. The molecule has 0 heterocycles. The molecule has 3 heteroatoms. The molecule has 0 radical (unpaired) electrons. The summed E-state index contributed by atoms with van der Waals surface area (Å²) in [6, 6.07) is 4.97. The maximum Gasteiger partial charge on any atom is 0.128 e. The Bertz CT molecular complexity index is 412. The standard InChI is InChI=1S/C15H21ClFN/c1-14(2,3)18-10-15(8-5-9-15)13-11(16)6-4-7-12(13)17/h4,6-7,18H,5,8-10H2,1-3H3. The predicted molar refractivity (Wildman–Crippen MR) is 74.7 cm³/mol. The van der Waals surface area contributed by atoms with E-state index in [-0.39, 0.29) is 16.8 Å². The summed E-state index contributed by atoms with van der Waals surface area (Å²) in [5, 5.41) is 4.05. The average molecular weight is 270 g/mol. The molecule has 0 atom stereocenters. The number of hydrogen-bond acceptors (Lipinski definition) is 1. The zero-order chi connectivity index (χ0) is 13.4. The van der Waals surface area contributed by atoms with E-state index in [2.05, 4.69) is 26.1 Å². The number of halogens is 2. The second kappa shape index (κ2) is 4.82. The highest BCUT2D eigenvalue weighted by Gasteiger charge is 2.42. The van der Waals surface area contributed by atoms with Gasteiger partial charge < -0.3 is 5.32 Å². The fraction of sp³-hybridized carbons (Fsp3) is 0.600. The van der Waals surface area contributed by atoms with E-state index in [1.807, 2.05) is 0 Å². The monoisotopic (exact) mass is 269 g/mol. The molecule has 1 nitrogen and oxygen atoms in total. The summed E-state index contributed by atoms with van der Waals surface area (Å²) in [5.74, 6) is -0.169. The minimum absolute atomic E-state index is 0.0420. The highest BCUT2D eigenvalue weighted by molar-refractivity contribution is 6.31. The van der Waals surface area contributed by atoms with Crippen molar-refractivity contribution in [3.63, 3.8) is 0 Å². The summed E-state index contributed by atoms with van der Waals surface area (Å²) in [4.78, 5) is 0. The lowest BCUT2D eigenvalue weighted by Crippen LogP contribution is -2.50. The van der Waals surface area contributed by atoms with Gasteiger partial charge in [-0.05, 0) is 45.7 Å². The topological polar surface area (TPSA) is 12.0 Å². The van der Waals surface area contributed by atoms with Crippen molar-refractivity contribution in [2.45, 2.75) is 51.0 Å². The summed E-state index contributed by atoms with van der Waals surface area (Å²) >= 11 is 6.21. The van der Waals surface area contributed by atoms with Crippen LogP contribution in [0.5, 0.6) is 0 Å². The zero-order valence-electron chi connectivity index (χ0n) is 11.3. The van der Waals surface area contributed by atoms with Crippen molar-refractivity contribution >= 4 is 11.6 Å². The predicted octanol–water partition coefficient (Wildman–Crippen LogP) is 4.29. The molecule has 0 saturated heterocycles. The third kappa shape index (κ3) is 2.70. The van der Waals surface area contributed by atoms with Gasteiger partial charge in [-0.1, -0.05) is 24.1 Å². The molecule has 1 aromatic carbocycles. The van der Waals surface area contributed by atoms with Crippen molar-refractivity contribution in [1.29, 1.82) is 0 Å². The van der Waals surface area contributed by atoms with Gasteiger partial charge in [0.1, 0.15) is 5.82 Å². The van der Waals surface area contributed by atoms with Crippen molar-refractivity contribution in [3.05, 3.63) is 34.6 Å². The van der Waals surface area contributed by atoms with E-state index < -0.39 is 0 Å². The van der Waals surface area contributed by atoms with Crippen LogP contribution >= 0.6 is 11.6 Å². The molecular weight excluding hydrogens is 249 g/mol. The van der Waals surface area contributed by atoms with Crippen LogP contribution in [0.15, 0.2) is 18.2 Å². The van der Waals surface area contributed by atoms with Gasteiger partial charge in [-0.15, -0.1) is 0 Å². The smallest absolute Gasteiger partial charge is 0.128 e. The Kier molecular flexibility index (Phi) is 3.70. The van der Waals surface area contributed by atoms with E-state index in [1.54, 1.807) is 12.1 Å². The van der Waals surface area contributed by atoms with Gasteiger partial charge in [0.25, 0.3) is 0 Å². The molecular formula is C15H21ClFN. The Hall–Kier alpha value is -0.600.